The van der Waals surface area contributed by atoms with Gasteiger partial charge in [0.05, 0.1) is 18.9 Å². The van der Waals surface area contributed by atoms with Crippen molar-refractivity contribution in [2.75, 3.05) is 63.1 Å². The number of thiophene rings is 1. The second-order valence-corrected chi connectivity index (χ2v) is 10.5. The lowest BCUT2D eigenvalue weighted by molar-refractivity contribution is 0.0398. The van der Waals surface area contributed by atoms with Gasteiger partial charge in [-0.1, -0.05) is 30.3 Å². The number of nitrogens with zero attached hydrogens (tertiary/aromatic N) is 6. The van der Waals surface area contributed by atoms with Gasteiger partial charge in [-0.3, -0.25) is 14.4 Å². The van der Waals surface area contributed by atoms with Crippen molar-refractivity contribution in [1.82, 2.24) is 29.3 Å². The molecule has 1 aromatic carbocycles. The van der Waals surface area contributed by atoms with Gasteiger partial charge in [0.15, 0.2) is 17.0 Å². The molecule has 10 heteroatoms. The lowest BCUT2D eigenvalue weighted by atomic mass is 10.0. The summed E-state index contributed by atoms with van der Waals surface area (Å²) < 4.78 is 7.52. The average molecular weight is 519 g/mol. The Kier molecular flexibility index (Phi) is 7.59. The van der Waals surface area contributed by atoms with Crippen molar-refractivity contribution < 1.29 is 4.74 Å². The van der Waals surface area contributed by atoms with Crippen molar-refractivity contribution >= 4 is 34.3 Å². The van der Waals surface area contributed by atoms with E-state index >= 15 is 0 Å². The zero-order valence-electron chi connectivity index (χ0n) is 21.1. The first-order valence-electron chi connectivity index (χ1n) is 13.2. The third kappa shape index (κ3) is 5.93. The van der Waals surface area contributed by atoms with Gasteiger partial charge in [-0.2, -0.15) is 21.3 Å². The van der Waals surface area contributed by atoms with Gasteiger partial charge >= 0.3 is 0 Å². The Labute approximate surface area is 221 Å². The number of piperidine rings is 1. The highest BCUT2D eigenvalue weighted by Crippen LogP contribution is 2.26. The molecule has 6 rings (SSSR count). The summed E-state index contributed by atoms with van der Waals surface area (Å²) in [6.45, 7) is 8.43. The van der Waals surface area contributed by atoms with Gasteiger partial charge in [0, 0.05) is 57.2 Å². The standard InChI is InChI=1S/C27H34N8OS/c1-2-4-21(5-3-1)18-34-10-6-22(7-11-34)30-25-24-26(35(20-29-24)23-8-17-37-19-23)32-27(31-25)28-9-12-33-13-15-36-16-14-33/h1-5,8,17,19-20,22H,6-7,9-16,18H2,(H2,28,30,31,32). The van der Waals surface area contributed by atoms with Gasteiger partial charge in [0.1, 0.15) is 6.33 Å². The molecule has 0 aliphatic carbocycles. The summed E-state index contributed by atoms with van der Waals surface area (Å²) in [7, 11) is 0. The van der Waals surface area contributed by atoms with E-state index in [-0.39, 0.29) is 0 Å². The summed E-state index contributed by atoms with van der Waals surface area (Å²) in [6, 6.07) is 13.2. The lowest BCUT2D eigenvalue weighted by Gasteiger charge is -2.32. The molecular formula is C27H34N8OS. The molecule has 2 saturated heterocycles. The molecule has 37 heavy (non-hydrogen) atoms. The molecule has 4 aromatic rings. The number of aromatic nitrogens is 4. The Bertz CT molecular complexity index is 1260. The maximum atomic E-state index is 5.47. The van der Waals surface area contributed by atoms with Gasteiger partial charge in [-0.15, -0.1) is 0 Å². The Balaban J connectivity index is 1.16. The smallest absolute Gasteiger partial charge is 0.226 e. The van der Waals surface area contributed by atoms with Crippen LogP contribution in [0.15, 0.2) is 53.5 Å². The van der Waals surface area contributed by atoms with Gasteiger partial charge in [0.25, 0.3) is 0 Å². The van der Waals surface area contributed by atoms with Crippen LogP contribution >= 0.6 is 11.3 Å². The predicted octanol–water partition coefficient (Wildman–Crippen LogP) is 3.70. The van der Waals surface area contributed by atoms with E-state index in [1.807, 2.05) is 10.9 Å². The molecule has 0 atom stereocenters. The molecule has 2 aliphatic heterocycles. The number of fused-ring (bicyclic) bond motifs is 1. The molecular weight excluding hydrogens is 484 g/mol. The zero-order valence-corrected chi connectivity index (χ0v) is 21.9. The first kappa shape index (κ1) is 24.3. The molecule has 0 bridgehead atoms. The molecule has 0 unspecified atom stereocenters. The Morgan fingerprint density at radius 1 is 0.973 bits per heavy atom. The number of nitrogens with one attached hydrogen (secondary N) is 2. The Morgan fingerprint density at radius 2 is 1.81 bits per heavy atom. The predicted molar refractivity (Wildman–Crippen MR) is 149 cm³/mol. The van der Waals surface area contributed by atoms with Crippen LogP contribution in [0.5, 0.6) is 0 Å². The van der Waals surface area contributed by atoms with E-state index in [9.17, 15) is 0 Å². The second kappa shape index (κ2) is 11.6. The molecule has 5 heterocycles. The molecule has 2 aliphatic rings. The van der Waals surface area contributed by atoms with E-state index in [0.29, 0.717) is 12.0 Å². The van der Waals surface area contributed by atoms with Gasteiger partial charge in [-0.05, 0) is 29.9 Å². The molecule has 9 nitrogen and oxygen atoms in total. The molecule has 3 aromatic heterocycles. The van der Waals surface area contributed by atoms with Gasteiger partial charge in [0.2, 0.25) is 5.95 Å². The van der Waals surface area contributed by atoms with Crippen LogP contribution in [0.4, 0.5) is 11.8 Å². The molecule has 2 fully saturated rings. The minimum Gasteiger partial charge on any atom is -0.379 e. The first-order valence-corrected chi connectivity index (χ1v) is 14.1. The number of imidazole rings is 1. The van der Waals surface area contributed by atoms with E-state index in [2.05, 4.69) is 67.6 Å². The molecule has 0 amide bonds. The van der Waals surface area contributed by atoms with Crippen LogP contribution in [-0.2, 0) is 11.3 Å². The fourth-order valence-corrected chi connectivity index (χ4v) is 5.71. The summed E-state index contributed by atoms with van der Waals surface area (Å²) in [5.41, 5.74) is 4.09. The molecule has 0 spiro atoms. The van der Waals surface area contributed by atoms with Crippen LogP contribution < -0.4 is 10.6 Å². The van der Waals surface area contributed by atoms with Crippen molar-refractivity contribution in [3.05, 3.63) is 59.0 Å². The summed E-state index contributed by atoms with van der Waals surface area (Å²) in [4.78, 5) is 19.4. The summed E-state index contributed by atoms with van der Waals surface area (Å²) in [5, 5.41) is 11.4. The van der Waals surface area contributed by atoms with E-state index < -0.39 is 0 Å². The third-order valence-electron chi connectivity index (χ3n) is 7.17. The summed E-state index contributed by atoms with van der Waals surface area (Å²) >= 11 is 1.67. The third-order valence-corrected chi connectivity index (χ3v) is 7.84. The van der Waals surface area contributed by atoms with Crippen LogP contribution in [0.3, 0.4) is 0 Å². The zero-order chi connectivity index (χ0) is 24.9. The van der Waals surface area contributed by atoms with Crippen LogP contribution in [0.2, 0.25) is 0 Å². The molecule has 0 saturated carbocycles. The van der Waals surface area contributed by atoms with Crippen LogP contribution in [-0.4, -0.2) is 87.8 Å². The monoisotopic (exact) mass is 518 g/mol. The van der Waals surface area contributed by atoms with E-state index in [4.69, 9.17) is 19.7 Å². The number of hydrogen-bond acceptors (Lipinski definition) is 9. The van der Waals surface area contributed by atoms with Crippen molar-refractivity contribution in [3.63, 3.8) is 0 Å². The first-order chi connectivity index (χ1) is 18.3. The quantitative estimate of drug-likeness (QED) is 0.347. The number of hydrogen-bond donors (Lipinski definition) is 2. The fraction of sp³-hybridized carbons (Fsp3) is 0.444. The number of anilines is 2. The van der Waals surface area contributed by atoms with Crippen LogP contribution in [0.25, 0.3) is 16.9 Å². The normalized spacial score (nSPS) is 17.8. The second-order valence-electron chi connectivity index (χ2n) is 9.73. The molecule has 2 N–H and O–H groups in total. The van der Waals surface area contributed by atoms with Crippen molar-refractivity contribution in [2.45, 2.75) is 25.4 Å². The van der Waals surface area contributed by atoms with E-state index in [1.165, 1.54) is 5.56 Å². The van der Waals surface area contributed by atoms with E-state index in [1.54, 1.807) is 11.3 Å². The number of benzene rings is 1. The number of rotatable bonds is 9. The number of morpholine rings is 1. The molecule has 194 valence electrons. The Hall–Kier alpha value is -3.05. The highest BCUT2D eigenvalue weighted by molar-refractivity contribution is 7.08. The average Bonchev–Trinajstić information content (AvgIpc) is 3.61. The van der Waals surface area contributed by atoms with Gasteiger partial charge in [-0.25, -0.2) is 4.98 Å². The molecule has 0 radical (unpaired) electrons. The largest absolute Gasteiger partial charge is 0.379 e. The SMILES string of the molecule is c1ccc(CN2CCC(Nc3nc(NCCN4CCOCC4)nc4c3ncn4-c3ccsc3)CC2)cc1. The number of ether oxygens (including phenoxy) is 1. The number of likely N-dealkylation sites (tertiary alicyclic amines) is 1. The highest BCUT2D eigenvalue weighted by Gasteiger charge is 2.22. The van der Waals surface area contributed by atoms with E-state index in [0.717, 1.165) is 94.5 Å². The van der Waals surface area contributed by atoms with Crippen molar-refractivity contribution in [1.29, 1.82) is 0 Å². The topological polar surface area (TPSA) is 83.4 Å². The van der Waals surface area contributed by atoms with Crippen molar-refractivity contribution in [3.8, 4) is 5.69 Å². The fourth-order valence-electron chi connectivity index (χ4n) is 5.08. The minimum atomic E-state index is 0.359. The minimum absolute atomic E-state index is 0.359. The highest BCUT2D eigenvalue weighted by atomic mass is 32.1. The van der Waals surface area contributed by atoms with Crippen LogP contribution in [0.1, 0.15) is 18.4 Å². The van der Waals surface area contributed by atoms with Crippen LogP contribution in [0, 0.1) is 0 Å². The Morgan fingerprint density at radius 3 is 2.59 bits per heavy atom. The van der Waals surface area contributed by atoms with Gasteiger partial charge < -0.3 is 15.4 Å². The summed E-state index contributed by atoms with van der Waals surface area (Å²) in [6.07, 6.45) is 4.00. The van der Waals surface area contributed by atoms with Crippen molar-refractivity contribution in [2.24, 2.45) is 0 Å². The maximum absolute atomic E-state index is 5.47. The summed E-state index contributed by atoms with van der Waals surface area (Å²) in [5.74, 6) is 1.45. The lowest BCUT2D eigenvalue weighted by Crippen LogP contribution is -2.39. The maximum Gasteiger partial charge on any atom is 0.226 e.